The predicted octanol–water partition coefficient (Wildman–Crippen LogP) is 1.38. The maximum Gasteiger partial charge on any atom is 1.00 e. The van der Waals surface area contributed by atoms with Gasteiger partial charge in [0.15, 0.2) is 0 Å². The second kappa shape index (κ2) is 18.2. The number of benzene rings is 3. The van der Waals surface area contributed by atoms with Crippen molar-refractivity contribution in [1.82, 2.24) is 0 Å². The fourth-order valence-corrected chi connectivity index (χ4v) is 1.67. The van der Waals surface area contributed by atoms with Crippen LogP contribution in [-0.4, -0.2) is 48.0 Å². The van der Waals surface area contributed by atoms with Crippen LogP contribution in [0.1, 0.15) is 12.6 Å². The third kappa shape index (κ3) is 14.6. The maximum atomic E-state index is 8.95. The summed E-state index contributed by atoms with van der Waals surface area (Å²) in [4.78, 5) is 0. The first-order valence-electron chi connectivity index (χ1n) is 8.20. The van der Waals surface area contributed by atoms with Crippen molar-refractivity contribution in [2.24, 2.45) is 0 Å². The van der Waals surface area contributed by atoms with Gasteiger partial charge < -0.3 is 41.2 Å². The molecule has 0 aliphatic heterocycles. The fraction of sp³-hybridized carbons (Fsp3) is 0.143. The topological polar surface area (TPSA) is 173 Å². The molecule has 0 fully saturated rings. The molecule has 8 heteroatoms. The Morgan fingerprint density at radius 3 is 1.34 bits per heavy atom. The molecule has 3 rings (SSSR count). The molecule has 0 unspecified atom stereocenters. The lowest BCUT2D eigenvalue weighted by atomic mass is 10.2. The monoisotopic (exact) mass is 409 g/mol. The van der Waals surface area contributed by atoms with Crippen molar-refractivity contribution in [2.45, 2.75) is 13.2 Å². The van der Waals surface area contributed by atoms with Gasteiger partial charge in [-0.3, -0.25) is 0 Å². The van der Waals surface area contributed by atoms with Crippen LogP contribution in [0.5, 0.6) is 17.2 Å². The quantitative estimate of drug-likeness (QED) is 0.313. The van der Waals surface area contributed by atoms with Crippen LogP contribution < -0.4 is 0 Å². The SMILES string of the molecule is O.OCO.OCc1ccc(O)cc1.OCc1ccccc1O.Oc1ccccc1.[H+]. The van der Waals surface area contributed by atoms with Crippen molar-refractivity contribution in [3.63, 3.8) is 0 Å². The molecule has 3 aromatic carbocycles. The van der Waals surface area contributed by atoms with Gasteiger partial charge in [-0.1, -0.05) is 48.5 Å². The van der Waals surface area contributed by atoms with Crippen molar-refractivity contribution in [1.29, 1.82) is 0 Å². The van der Waals surface area contributed by atoms with Crippen molar-refractivity contribution in [3.05, 3.63) is 90.0 Å². The Morgan fingerprint density at radius 1 is 0.552 bits per heavy atom. The number of para-hydroxylation sites is 2. The van der Waals surface area contributed by atoms with E-state index < -0.39 is 6.79 Å². The lowest BCUT2D eigenvalue weighted by Crippen LogP contribution is -1.80. The van der Waals surface area contributed by atoms with Crippen LogP contribution in [0.2, 0.25) is 0 Å². The Kier molecular flexibility index (Phi) is 17.7. The molecule has 0 aliphatic carbocycles. The number of rotatable bonds is 2. The summed E-state index contributed by atoms with van der Waals surface area (Å²) < 4.78 is 0. The highest BCUT2D eigenvalue weighted by atomic mass is 16.5. The van der Waals surface area contributed by atoms with Gasteiger partial charge in [0.05, 0.1) is 13.2 Å². The second-order valence-electron chi connectivity index (χ2n) is 5.09. The highest BCUT2D eigenvalue weighted by molar-refractivity contribution is 5.30. The molecule has 0 aliphatic rings. The molecule has 0 amide bonds. The normalized spacial score (nSPS) is 8.55. The Morgan fingerprint density at radius 2 is 1.00 bits per heavy atom. The first-order valence-corrected chi connectivity index (χ1v) is 8.20. The van der Waals surface area contributed by atoms with Crippen LogP contribution in [0.25, 0.3) is 0 Å². The van der Waals surface area contributed by atoms with Gasteiger partial charge in [-0.2, -0.15) is 0 Å². The molecule has 0 atom stereocenters. The molecule has 29 heavy (non-hydrogen) atoms. The zero-order chi connectivity index (χ0) is 21.2. The molecule has 8 nitrogen and oxygen atoms in total. The first kappa shape index (κ1) is 28.1. The summed E-state index contributed by atoms with van der Waals surface area (Å²) in [7, 11) is 0. The van der Waals surface area contributed by atoms with Crippen LogP contribution in [0.3, 0.4) is 0 Å². The Balaban J connectivity index is -0.000000334. The Labute approximate surface area is 170 Å². The standard InChI is InChI=1S/2C7H8O2.C6H6O.CH4O2.H2O/c8-5-6-1-3-7(9)4-2-6;8-5-6-3-1-2-4-7(6)9;7-6-4-2-1-3-5-6;2-1-3;/h2*1-4,8-9H,5H2;1-5,7H;2-3H,1H2;1H2/p+1. The summed E-state index contributed by atoms with van der Waals surface area (Å²) in [6.07, 6.45) is 0. The van der Waals surface area contributed by atoms with E-state index in [9.17, 15) is 0 Å². The van der Waals surface area contributed by atoms with E-state index in [2.05, 4.69) is 0 Å². The number of hydrogen-bond donors (Lipinski definition) is 7. The predicted molar refractivity (Wildman–Crippen MR) is 110 cm³/mol. The van der Waals surface area contributed by atoms with E-state index >= 15 is 0 Å². The minimum Gasteiger partial charge on any atom is -0.508 e. The fourth-order valence-electron chi connectivity index (χ4n) is 1.67. The summed E-state index contributed by atoms with van der Waals surface area (Å²) in [5.74, 6) is 0.703. The number of phenolic OH excluding ortho intramolecular Hbond substituents is 2. The van der Waals surface area contributed by atoms with Crippen LogP contribution in [0.4, 0.5) is 0 Å². The van der Waals surface area contributed by atoms with Crippen LogP contribution in [0, 0.1) is 0 Å². The Hall–Kier alpha value is -3.14. The van der Waals surface area contributed by atoms with E-state index in [4.69, 9.17) is 35.7 Å². The molecule has 160 valence electrons. The zero-order valence-corrected chi connectivity index (χ0v) is 15.8. The second-order valence-corrected chi connectivity index (χ2v) is 5.09. The summed E-state index contributed by atoms with van der Waals surface area (Å²) in [5.41, 5.74) is 1.38. The van der Waals surface area contributed by atoms with Crippen molar-refractivity contribution < 1.29 is 42.6 Å². The van der Waals surface area contributed by atoms with Gasteiger partial charge in [0.1, 0.15) is 24.0 Å². The molecule has 0 saturated carbocycles. The van der Waals surface area contributed by atoms with Gasteiger partial charge in [0.25, 0.3) is 0 Å². The number of aliphatic hydroxyl groups excluding tert-OH is 3. The third-order valence-corrected chi connectivity index (χ3v) is 3.04. The molecule has 0 heterocycles. The van der Waals surface area contributed by atoms with E-state index in [0.29, 0.717) is 11.3 Å². The Bertz CT molecular complexity index is 740. The van der Waals surface area contributed by atoms with E-state index in [0.717, 1.165) is 5.56 Å². The van der Waals surface area contributed by atoms with Gasteiger partial charge in [0, 0.05) is 5.56 Å². The highest BCUT2D eigenvalue weighted by Gasteiger charge is 1.93. The number of aliphatic hydroxyl groups is 4. The molecular formula is C21H29O8+. The van der Waals surface area contributed by atoms with Crippen molar-refractivity contribution >= 4 is 0 Å². The molecule has 0 aromatic heterocycles. The number of hydrogen-bond acceptors (Lipinski definition) is 7. The van der Waals surface area contributed by atoms with Crippen LogP contribution in [0.15, 0.2) is 78.9 Å². The van der Waals surface area contributed by atoms with Gasteiger partial charge in [-0.15, -0.1) is 0 Å². The molecule has 3 aromatic rings. The number of aromatic hydroxyl groups is 3. The van der Waals surface area contributed by atoms with Gasteiger partial charge in [-0.25, -0.2) is 0 Å². The van der Waals surface area contributed by atoms with E-state index in [1.165, 1.54) is 0 Å². The average Bonchev–Trinajstić information content (AvgIpc) is 2.71. The maximum absolute atomic E-state index is 8.95. The summed E-state index contributed by atoms with van der Waals surface area (Å²) >= 11 is 0. The lowest BCUT2D eigenvalue weighted by Gasteiger charge is -1.96. The van der Waals surface area contributed by atoms with Crippen molar-refractivity contribution in [2.75, 3.05) is 6.79 Å². The van der Waals surface area contributed by atoms with Crippen LogP contribution >= 0.6 is 0 Å². The highest BCUT2D eigenvalue weighted by Crippen LogP contribution is 2.14. The van der Waals surface area contributed by atoms with Gasteiger partial charge >= 0.3 is 1.43 Å². The molecule has 0 radical (unpaired) electrons. The molecule has 0 bridgehead atoms. The summed E-state index contributed by atoms with van der Waals surface area (Å²) in [6.45, 7) is -0.826. The largest absolute Gasteiger partial charge is 1.00 e. The van der Waals surface area contributed by atoms with E-state index in [-0.39, 0.29) is 31.6 Å². The third-order valence-electron chi connectivity index (χ3n) is 3.04. The van der Waals surface area contributed by atoms with E-state index in [1.54, 1.807) is 72.8 Å². The smallest absolute Gasteiger partial charge is 0.508 e. The van der Waals surface area contributed by atoms with E-state index in [1.807, 2.05) is 6.07 Å². The average molecular weight is 409 g/mol. The zero-order valence-electron chi connectivity index (χ0n) is 16.8. The molecule has 9 N–H and O–H groups in total. The van der Waals surface area contributed by atoms with Crippen molar-refractivity contribution in [3.8, 4) is 17.2 Å². The molecule has 0 spiro atoms. The van der Waals surface area contributed by atoms with Crippen LogP contribution in [-0.2, 0) is 13.2 Å². The minimum absolute atomic E-state index is 0. The molecular weight excluding hydrogens is 380 g/mol. The summed E-state index contributed by atoms with van der Waals surface area (Å²) in [6, 6.07) is 21.9. The number of phenols is 3. The lowest BCUT2D eigenvalue weighted by molar-refractivity contribution is 0.0773. The summed E-state index contributed by atoms with van der Waals surface area (Å²) in [5, 5.41) is 57.7. The minimum atomic E-state index is -0.750. The van der Waals surface area contributed by atoms with Gasteiger partial charge in [0.2, 0.25) is 0 Å². The molecule has 0 saturated heterocycles. The van der Waals surface area contributed by atoms with Gasteiger partial charge in [-0.05, 0) is 35.9 Å². The first-order chi connectivity index (χ1) is 13.5.